The van der Waals surface area contributed by atoms with Crippen molar-refractivity contribution in [2.75, 3.05) is 13.1 Å². The number of hydrogen-bond acceptors (Lipinski definition) is 3. The molecule has 2 heterocycles. The topological polar surface area (TPSA) is 51.0 Å². The fourth-order valence-corrected chi connectivity index (χ4v) is 2.58. The Balaban J connectivity index is 0.000000211. The van der Waals surface area contributed by atoms with Gasteiger partial charge in [0, 0.05) is 0 Å². The van der Waals surface area contributed by atoms with Crippen LogP contribution in [0.2, 0.25) is 0 Å². The number of nitrogens with zero attached hydrogens (tertiary/aromatic N) is 3. The summed E-state index contributed by atoms with van der Waals surface area (Å²) in [6.45, 7) is 16.4. The van der Waals surface area contributed by atoms with E-state index in [-0.39, 0.29) is 18.3 Å². The van der Waals surface area contributed by atoms with Gasteiger partial charge in [-0.25, -0.2) is 13.1 Å². The number of nitriles is 1. The lowest BCUT2D eigenvalue weighted by atomic mass is 10.1. The zero-order valence-corrected chi connectivity index (χ0v) is 12.6. The molecule has 0 aliphatic carbocycles. The van der Waals surface area contributed by atoms with Crippen LogP contribution in [0.3, 0.4) is 0 Å². The Kier molecular flexibility index (Phi) is 8.44. The molecule has 2 saturated heterocycles. The second kappa shape index (κ2) is 10.2. The highest BCUT2D eigenvalue weighted by Crippen LogP contribution is 2.22. The summed E-state index contributed by atoms with van der Waals surface area (Å²) in [4.78, 5) is 6.57. The third kappa shape index (κ3) is 6.58. The van der Waals surface area contributed by atoms with Gasteiger partial charge >= 0.3 is 0 Å². The second-order valence-corrected chi connectivity index (χ2v) is 5.37. The van der Waals surface area contributed by atoms with Gasteiger partial charge in [0.1, 0.15) is 12.2 Å². The molecule has 2 fully saturated rings. The summed E-state index contributed by atoms with van der Waals surface area (Å²) >= 11 is 0. The Morgan fingerprint density at radius 2 is 1.43 bits per heavy atom. The van der Waals surface area contributed by atoms with Gasteiger partial charge in [-0.05, 0) is 32.1 Å². The van der Waals surface area contributed by atoms with Crippen molar-refractivity contribution in [3.63, 3.8) is 0 Å². The molecular formula is C16H23N3O2. The summed E-state index contributed by atoms with van der Waals surface area (Å²) in [6.07, 6.45) is 6.52. The van der Waals surface area contributed by atoms with E-state index in [0.717, 1.165) is 32.1 Å². The van der Waals surface area contributed by atoms with E-state index in [1.54, 1.807) is 0 Å². The molecule has 2 aliphatic rings. The molecule has 0 saturated carbocycles. The number of rotatable bonds is 4. The first-order chi connectivity index (χ1) is 10.2. The van der Waals surface area contributed by atoms with Crippen LogP contribution in [0.1, 0.15) is 45.4 Å². The van der Waals surface area contributed by atoms with Crippen LogP contribution in [0.15, 0.2) is 0 Å². The minimum Gasteiger partial charge on any atom is -0.367 e. The molecule has 0 N–H and O–H groups in total. The molecule has 0 aromatic rings. The normalized spacial score (nSPS) is 30.6. The van der Waals surface area contributed by atoms with Gasteiger partial charge in [-0.1, -0.05) is 6.92 Å². The smallest absolute Gasteiger partial charge is 0.240 e. The van der Waals surface area contributed by atoms with Gasteiger partial charge in [-0.3, -0.25) is 0 Å². The van der Waals surface area contributed by atoms with Gasteiger partial charge in [0.05, 0.1) is 24.7 Å². The minimum absolute atomic E-state index is 0.0887. The lowest BCUT2D eigenvalue weighted by molar-refractivity contribution is 0.0523. The molecule has 21 heavy (non-hydrogen) atoms. The van der Waals surface area contributed by atoms with Crippen LogP contribution in [0.5, 0.6) is 0 Å². The molecule has 0 bridgehead atoms. The van der Waals surface area contributed by atoms with Crippen molar-refractivity contribution in [2.45, 2.75) is 69.9 Å². The van der Waals surface area contributed by atoms with E-state index in [1.807, 2.05) is 0 Å². The Labute approximate surface area is 127 Å². The summed E-state index contributed by atoms with van der Waals surface area (Å²) in [5, 5.41) is 8.35. The van der Waals surface area contributed by atoms with Gasteiger partial charge in [-0.2, -0.15) is 5.26 Å². The lowest BCUT2D eigenvalue weighted by Crippen LogP contribution is -2.12. The Bertz CT molecular complexity index is 397. The van der Waals surface area contributed by atoms with E-state index < -0.39 is 0 Å². The number of ether oxygens (including phenoxy) is 2. The molecule has 5 heteroatoms. The Hall–Kier alpha value is -1.61. The molecule has 0 aromatic carbocycles. The van der Waals surface area contributed by atoms with Crippen LogP contribution >= 0.6 is 0 Å². The van der Waals surface area contributed by atoms with Crippen LogP contribution in [-0.4, -0.2) is 37.5 Å². The van der Waals surface area contributed by atoms with E-state index in [9.17, 15) is 0 Å². The molecule has 0 radical (unpaired) electrons. The average Bonchev–Trinajstić information content (AvgIpc) is 3.10. The first-order valence-electron chi connectivity index (χ1n) is 7.57. The monoisotopic (exact) mass is 289 g/mol. The van der Waals surface area contributed by atoms with Crippen molar-refractivity contribution in [1.82, 2.24) is 0 Å². The third-order valence-electron chi connectivity index (χ3n) is 3.76. The van der Waals surface area contributed by atoms with Gasteiger partial charge < -0.3 is 19.2 Å². The lowest BCUT2D eigenvalue weighted by Gasteiger charge is -2.06. The molecule has 0 unspecified atom stereocenters. The zero-order chi connectivity index (χ0) is 15.5. The summed E-state index contributed by atoms with van der Waals surface area (Å²) in [7, 11) is 0. The molecule has 114 valence electrons. The van der Waals surface area contributed by atoms with Crippen LogP contribution in [-0.2, 0) is 9.47 Å². The highest BCUT2D eigenvalue weighted by molar-refractivity contribution is 4.85. The highest BCUT2D eigenvalue weighted by Gasteiger charge is 2.26. The zero-order valence-electron chi connectivity index (χ0n) is 12.6. The van der Waals surface area contributed by atoms with E-state index in [1.165, 1.54) is 0 Å². The second-order valence-electron chi connectivity index (χ2n) is 5.37. The van der Waals surface area contributed by atoms with E-state index in [4.69, 9.17) is 27.9 Å². The van der Waals surface area contributed by atoms with Gasteiger partial charge in [0.15, 0.2) is 0 Å². The SMILES string of the molecule is [C-]#[N+]C[C@@H]1CC[C@@H](CC)O1.[C-]#[N+]C[C@@H]1CC[C@H](CC#N)O1. The maximum atomic E-state index is 8.35. The maximum absolute atomic E-state index is 8.35. The largest absolute Gasteiger partial charge is 0.367 e. The van der Waals surface area contributed by atoms with Crippen LogP contribution in [0, 0.1) is 24.5 Å². The van der Waals surface area contributed by atoms with Crippen molar-refractivity contribution in [2.24, 2.45) is 0 Å². The van der Waals surface area contributed by atoms with Crippen LogP contribution < -0.4 is 0 Å². The van der Waals surface area contributed by atoms with Crippen molar-refractivity contribution in [1.29, 1.82) is 5.26 Å². The maximum Gasteiger partial charge on any atom is 0.240 e. The summed E-state index contributed by atoms with van der Waals surface area (Å²) in [5.41, 5.74) is 0. The molecule has 0 spiro atoms. The molecule has 5 nitrogen and oxygen atoms in total. The minimum atomic E-state index is 0.0887. The summed E-state index contributed by atoms with van der Waals surface area (Å²) in [5.74, 6) is 0. The molecular weight excluding hydrogens is 266 g/mol. The van der Waals surface area contributed by atoms with E-state index >= 15 is 0 Å². The van der Waals surface area contributed by atoms with Gasteiger partial charge in [0.2, 0.25) is 13.1 Å². The summed E-state index contributed by atoms with van der Waals surface area (Å²) in [6, 6.07) is 2.07. The first-order valence-corrected chi connectivity index (χ1v) is 7.57. The molecule has 2 aliphatic heterocycles. The van der Waals surface area contributed by atoms with Crippen LogP contribution in [0.4, 0.5) is 0 Å². The summed E-state index contributed by atoms with van der Waals surface area (Å²) < 4.78 is 10.9. The van der Waals surface area contributed by atoms with Gasteiger partial charge in [-0.15, -0.1) is 0 Å². The molecule has 0 amide bonds. The van der Waals surface area contributed by atoms with E-state index in [0.29, 0.717) is 25.6 Å². The Morgan fingerprint density at radius 1 is 0.952 bits per heavy atom. The van der Waals surface area contributed by atoms with Crippen molar-refractivity contribution in [3.8, 4) is 6.07 Å². The first kappa shape index (κ1) is 17.4. The fraction of sp³-hybridized carbons (Fsp3) is 0.812. The van der Waals surface area contributed by atoms with Crippen LogP contribution in [0.25, 0.3) is 9.69 Å². The predicted octanol–water partition coefficient (Wildman–Crippen LogP) is 3.23. The third-order valence-corrected chi connectivity index (χ3v) is 3.76. The van der Waals surface area contributed by atoms with Crippen molar-refractivity contribution in [3.05, 3.63) is 22.8 Å². The molecule has 0 aromatic heterocycles. The molecule has 2 rings (SSSR count). The quantitative estimate of drug-likeness (QED) is 0.747. The van der Waals surface area contributed by atoms with Crippen molar-refractivity contribution >= 4 is 0 Å². The highest BCUT2D eigenvalue weighted by atomic mass is 16.5. The van der Waals surface area contributed by atoms with Gasteiger partial charge in [0.25, 0.3) is 0 Å². The fourth-order valence-electron chi connectivity index (χ4n) is 2.58. The average molecular weight is 289 g/mol. The standard InChI is InChI=1S/C8H10N2O.C8H13NO/c1-10-6-8-3-2-7(11-8)4-5-9;1-3-7-4-5-8(10-7)6-9-2/h7-8H,2-4,6H2;7-8H,3-6H2,1H3/t2*7-,8+/m11/s1. The number of hydrogen-bond donors (Lipinski definition) is 0. The Morgan fingerprint density at radius 3 is 1.86 bits per heavy atom. The van der Waals surface area contributed by atoms with Crippen molar-refractivity contribution < 1.29 is 9.47 Å². The molecule has 4 atom stereocenters. The predicted molar refractivity (Wildman–Crippen MR) is 79.2 cm³/mol. The van der Waals surface area contributed by atoms with E-state index in [2.05, 4.69) is 22.7 Å².